The van der Waals surface area contributed by atoms with Crippen LogP contribution in [0.2, 0.25) is 0 Å². The highest BCUT2D eigenvalue weighted by molar-refractivity contribution is 6.08. The number of fused-ring (bicyclic) bond motifs is 1. The van der Waals surface area contributed by atoms with Gasteiger partial charge in [-0.15, -0.1) is 0 Å². The second-order valence-electron chi connectivity index (χ2n) is 4.34. The van der Waals surface area contributed by atoms with Crippen LogP contribution >= 0.6 is 0 Å². The third-order valence-electron chi connectivity index (χ3n) is 2.99. The Morgan fingerprint density at radius 2 is 2.10 bits per heavy atom. The van der Waals surface area contributed by atoms with Crippen LogP contribution in [0.1, 0.15) is 10.4 Å². The average Bonchev–Trinajstić information content (AvgIpc) is 2.94. The largest absolute Gasteiger partial charge is 0.481 e. The molecule has 0 spiro atoms. The smallest absolute Gasteiger partial charge is 0.257 e. The van der Waals surface area contributed by atoms with Crippen molar-refractivity contribution in [1.82, 2.24) is 4.98 Å². The van der Waals surface area contributed by atoms with Crippen molar-refractivity contribution in [2.45, 2.75) is 0 Å². The molecule has 0 saturated heterocycles. The molecule has 3 N–H and O–H groups in total. The van der Waals surface area contributed by atoms with Crippen LogP contribution in [0.5, 0.6) is 17.4 Å². The number of aromatic nitrogens is 1. The van der Waals surface area contributed by atoms with E-state index in [1.165, 1.54) is 13.3 Å². The first-order chi connectivity index (χ1) is 10.2. The third kappa shape index (κ3) is 2.53. The SMILES string of the molecule is COc1ccc(NC(=O)c2cc3c(cc2N)OCO3)cn1. The van der Waals surface area contributed by atoms with Crippen molar-refractivity contribution in [3.05, 3.63) is 36.0 Å². The maximum absolute atomic E-state index is 12.2. The van der Waals surface area contributed by atoms with Crippen molar-refractivity contribution in [2.24, 2.45) is 0 Å². The molecular weight excluding hydrogens is 274 g/mol. The van der Waals surface area contributed by atoms with Crippen molar-refractivity contribution in [3.63, 3.8) is 0 Å². The Balaban J connectivity index is 1.81. The number of benzene rings is 1. The highest BCUT2D eigenvalue weighted by atomic mass is 16.7. The lowest BCUT2D eigenvalue weighted by atomic mass is 10.1. The molecule has 0 radical (unpaired) electrons. The topological polar surface area (TPSA) is 95.7 Å². The number of carbonyl (C=O) groups is 1. The van der Waals surface area contributed by atoms with Gasteiger partial charge in [0.1, 0.15) is 0 Å². The molecule has 7 nitrogen and oxygen atoms in total. The van der Waals surface area contributed by atoms with E-state index in [2.05, 4.69) is 10.3 Å². The zero-order valence-electron chi connectivity index (χ0n) is 11.3. The van der Waals surface area contributed by atoms with Gasteiger partial charge in [0, 0.05) is 17.8 Å². The quantitative estimate of drug-likeness (QED) is 0.833. The van der Waals surface area contributed by atoms with Gasteiger partial charge in [-0.25, -0.2) is 4.98 Å². The molecule has 0 atom stereocenters. The molecule has 108 valence electrons. The summed E-state index contributed by atoms with van der Waals surface area (Å²) in [5.74, 6) is 1.16. The predicted molar refractivity (Wildman–Crippen MR) is 75.7 cm³/mol. The number of nitrogens with zero attached hydrogens (tertiary/aromatic N) is 1. The summed E-state index contributed by atoms with van der Waals surface area (Å²) in [4.78, 5) is 16.3. The van der Waals surface area contributed by atoms with E-state index in [4.69, 9.17) is 19.9 Å². The van der Waals surface area contributed by atoms with Gasteiger partial charge in [-0.2, -0.15) is 0 Å². The predicted octanol–water partition coefficient (Wildman–Crippen LogP) is 1.65. The van der Waals surface area contributed by atoms with Crippen LogP contribution < -0.4 is 25.3 Å². The van der Waals surface area contributed by atoms with Crippen molar-refractivity contribution in [3.8, 4) is 17.4 Å². The van der Waals surface area contributed by atoms with E-state index in [9.17, 15) is 4.79 Å². The van der Waals surface area contributed by atoms with Gasteiger partial charge in [0.2, 0.25) is 12.7 Å². The van der Waals surface area contributed by atoms with Gasteiger partial charge in [0.15, 0.2) is 11.5 Å². The highest BCUT2D eigenvalue weighted by Crippen LogP contribution is 2.36. The number of hydrogen-bond donors (Lipinski definition) is 2. The summed E-state index contributed by atoms with van der Waals surface area (Å²) in [7, 11) is 1.52. The van der Waals surface area contributed by atoms with Crippen LogP contribution in [0.3, 0.4) is 0 Å². The number of rotatable bonds is 3. The summed E-state index contributed by atoms with van der Waals surface area (Å²) in [6.45, 7) is 0.127. The number of carbonyl (C=O) groups excluding carboxylic acids is 1. The maximum atomic E-state index is 12.2. The summed E-state index contributed by atoms with van der Waals surface area (Å²) in [6, 6.07) is 6.47. The van der Waals surface area contributed by atoms with Gasteiger partial charge in [0.05, 0.1) is 24.6 Å². The van der Waals surface area contributed by atoms with Gasteiger partial charge in [0.25, 0.3) is 5.91 Å². The number of hydrogen-bond acceptors (Lipinski definition) is 6. The van der Waals surface area contributed by atoms with Crippen LogP contribution in [0.15, 0.2) is 30.5 Å². The Bertz CT molecular complexity index is 685. The highest BCUT2D eigenvalue weighted by Gasteiger charge is 2.19. The van der Waals surface area contributed by atoms with Crippen LogP contribution in [-0.2, 0) is 0 Å². The lowest BCUT2D eigenvalue weighted by molar-refractivity contribution is 0.102. The lowest BCUT2D eigenvalue weighted by Gasteiger charge is -2.08. The summed E-state index contributed by atoms with van der Waals surface area (Å²) in [5.41, 5.74) is 7.03. The van der Waals surface area contributed by atoms with Crippen LogP contribution in [0.25, 0.3) is 0 Å². The molecule has 0 fully saturated rings. The van der Waals surface area contributed by atoms with Gasteiger partial charge in [-0.1, -0.05) is 0 Å². The van der Waals surface area contributed by atoms with E-state index in [0.717, 1.165) is 0 Å². The Kier molecular flexibility index (Phi) is 3.23. The number of amides is 1. The van der Waals surface area contributed by atoms with Gasteiger partial charge < -0.3 is 25.3 Å². The molecule has 0 bridgehead atoms. The fraction of sp³-hybridized carbons (Fsp3) is 0.143. The Morgan fingerprint density at radius 1 is 1.33 bits per heavy atom. The maximum Gasteiger partial charge on any atom is 0.257 e. The van der Waals surface area contributed by atoms with E-state index in [1.807, 2.05) is 0 Å². The molecule has 1 aromatic carbocycles. The molecule has 7 heteroatoms. The van der Waals surface area contributed by atoms with Gasteiger partial charge in [-0.05, 0) is 12.1 Å². The van der Waals surface area contributed by atoms with E-state index < -0.39 is 0 Å². The molecule has 21 heavy (non-hydrogen) atoms. The minimum absolute atomic E-state index is 0.127. The fourth-order valence-corrected chi connectivity index (χ4v) is 1.93. The molecule has 0 aliphatic carbocycles. The number of nitrogen functional groups attached to an aromatic ring is 1. The average molecular weight is 287 g/mol. The zero-order valence-corrected chi connectivity index (χ0v) is 11.3. The first-order valence-corrected chi connectivity index (χ1v) is 6.18. The van der Waals surface area contributed by atoms with Gasteiger partial charge in [-0.3, -0.25) is 4.79 Å². The van der Waals surface area contributed by atoms with Crippen LogP contribution in [0.4, 0.5) is 11.4 Å². The van der Waals surface area contributed by atoms with Crippen molar-refractivity contribution < 1.29 is 19.0 Å². The standard InChI is InChI=1S/C14H13N3O4/c1-19-13-3-2-8(6-16-13)17-14(18)9-4-11-12(5-10(9)15)21-7-20-11/h2-6H,7,15H2,1H3,(H,17,18). The zero-order chi connectivity index (χ0) is 14.8. The summed E-state index contributed by atoms with van der Waals surface area (Å²) in [5, 5.41) is 2.71. The van der Waals surface area contributed by atoms with E-state index in [-0.39, 0.29) is 12.7 Å². The van der Waals surface area contributed by atoms with E-state index in [0.29, 0.717) is 34.3 Å². The number of ether oxygens (including phenoxy) is 3. The van der Waals surface area contributed by atoms with Crippen molar-refractivity contribution >= 4 is 17.3 Å². The summed E-state index contributed by atoms with van der Waals surface area (Å²) in [6.07, 6.45) is 1.50. The monoisotopic (exact) mass is 287 g/mol. The van der Waals surface area contributed by atoms with Gasteiger partial charge >= 0.3 is 0 Å². The summed E-state index contributed by atoms with van der Waals surface area (Å²) < 4.78 is 15.4. The molecule has 3 rings (SSSR count). The van der Waals surface area contributed by atoms with E-state index >= 15 is 0 Å². The van der Waals surface area contributed by atoms with Crippen molar-refractivity contribution in [2.75, 3.05) is 25.0 Å². The molecule has 0 unspecified atom stereocenters. The molecule has 1 aromatic heterocycles. The first-order valence-electron chi connectivity index (χ1n) is 6.18. The molecule has 0 saturated carbocycles. The number of nitrogens with two attached hydrogens (primary N) is 1. The minimum Gasteiger partial charge on any atom is -0.481 e. The molecule has 1 amide bonds. The second kappa shape index (κ2) is 5.20. The number of methoxy groups -OCH3 is 1. The Morgan fingerprint density at radius 3 is 2.76 bits per heavy atom. The van der Waals surface area contributed by atoms with Crippen molar-refractivity contribution in [1.29, 1.82) is 0 Å². The minimum atomic E-state index is -0.349. The third-order valence-corrected chi connectivity index (χ3v) is 2.99. The van der Waals surface area contributed by atoms with Crippen LogP contribution in [0, 0.1) is 0 Å². The number of anilines is 2. The lowest BCUT2D eigenvalue weighted by Crippen LogP contribution is -2.14. The normalized spacial score (nSPS) is 12.0. The number of nitrogens with one attached hydrogen (secondary N) is 1. The Hall–Kier alpha value is -2.96. The molecule has 1 aliphatic heterocycles. The second-order valence-corrected chi connectivity index (χ2v) is 4.34. The van der Waals surface area contributed by atoms with Crippen LogP contribution in [-0.4, -0.2) is 24.8 Å². The molecule has 1 aliphatic rings. The molecule has 2 aromatic rings. The van der Waals surface area contributed by atoms with E-state index in [1.54, 1.807) is 24.3 Å². The molecular formula is C14H13N3O4. The molecule has 2 heterocycles. The number of pyridine rings is 1. The first kappa shape index (κ1) is 13.0. The fourth-order valence-electron chi connectivity index (χ4n) is 1.93. The Labute approximate surface area is 120 Å². The summed E-state index contributed by atoms with van der Waals surface area (Å²) >= 11 is 0.